The molecule has 0 radical (unpaired) electrons. The van der Waals surface area contributed by atoms with Crippen LogP contribution in [0.5, 0.6) is 5.75 Å². The molecule has 4 rings (SSSR count). The zero-order valence-corrected chi connectivity index (χ0v) is 21.8. The van der Waals surface area contributed by atoms with Crippen molar-refractivity contribution in [2.45, 2.75) is 25.6 Å². The Morgan fingerprint density at radius 3 is 2.65 bits per heavy atom. The van der Waals surface area contributed by atoms with Crippen molar-refractivity contribution in [2.75, 3.05) is 11.1 Å². The first-order valence-electron chi connectivity index (χ1n) is 10.2. The smallest absolute Gasteiger partial charge is 0.236 e. The van der Waals surface area contributed by atoms with E-state index >= 15 is 0 Å². The van der Waals surface area contributed by atoms with Crippen LogP contribution in [0, 0.1) is 13.8 Å². The number of nitrogens with one attached hydrogen (secondary N) is 1. The lowest BCUT2D eigenvalue weighted by Gasteiger charge is -2.08. The fourth-order valence-corrected chi connectivity index (χ4v) is 5.16. The van der Waals surface area contributed by atoms with E-state index in [1.807, 2.05) is 43.0 Å². The summed E-state index contributed by atoms with van der Waals surface area (Å²) in [6.07, 6.45) is 0. The number of ether oxygens (including phenoxy) is 1. The van der Waals surface area contributed by atoms with Crippen LogP contribution in [0.3, 0.4) is 0 Å². The molecule has 0 fully saturated rings. The van der Waals surface area contributed by atoms with Crippen molar-refractivity contribution in [2.24, 2.45) is 7.05 Å². The van der Waals surface area contributed by atoms with Crippen LogP contribution in [-0.4, -0.2) is 31.4 Å². The van der Waals surface area contributed by atoms with Crippen LogP contribution in [-0.2, 0) is 18.4 Å². The quantitative estimate of drug-likeness (QED) is 0.272. The lowest BCUT2D eigenvalue weighted by molar-refractivity contribution is -0.113. The van der Waals surface area contributed by atoms with Crippen LogP contribution in [0.4, 0.5) is 5.13 Å². The van der Waals surface area contributed by atoms with E-state index in [-0.39, 0.29) is 18.3 Å². The number of aromatic nitrogens is 4. The molecule has 2 aromatic carbocycles. The van der Waals surface area contributed by atoms with Gasteiger partial charge < -0.3 is 14.6 Å². The minimum absolute atomic E-state index is 0.167. The van der Waals surface area contributed by atoms with E-state index in [1.54, 1.807) is 18.2 Å². The third-order valence-corrected chi connectivity index (χ3v) is 7.10. The third kappa shape index (κ3) is 6.09. The van der Waals surface area contributed by atoms with Crippen molar-refractivity contribution in [3.05, 3.63) is 68.8 Å². The van der Waals surface area contributed by atoms with E-state index in [2.05, 4.69) is 26.6 Å². The fourth-order valence-electron chi connectivity index (χ4n) is 3.20. The van der Waals surface area contributed by atoms with Crippen molar-refractivity contribution in [3.63, 3.8) is 0 Å². The molecule has 0 saturated carbocycles. The average molecular weight is 534 g/mol. The van der Waals surface area contributed by atoms with Crippen LogP contribution >= 0.6 is 46.3 Å². The van der Waals surface area contributed by atoms with Crippen LogP contribution in [0.25, 0.3) is 11.3 Å². The molecule has 0 aliphatic heterocycles. The number of nitrogens with zero attached hydrogens (tertiary/aromatic N) is 4. The summed E-state index contributed by atoms with van der Waals surface area (Å²) in [5.74, 6) is 1.44. The number of thioether (sulfide) groups is 1. The van der Waals surface area contributed by atoms with Gasteiger partial charge in [0, 0.05) is 23.0 Å². The summed E-state index contributed by atoms with van der Waals surface area (Å²) >= 11 is 14.8. The molecule has 1 N–H and O–H groups in total. The molecule has 2 heterocycles. The van der Waals surface area contributed by atoms with Crippen molar-refractivity contribution < 1.29 is 9.53 Å². The summed E-state index contributed by atoms with van der Waals surface area (Å²) in [6.45, 7) is 4.34. The molecular formula is C23H21Cl2N5O2S2. The second kappa shape index (κ2) is 10.8. The Bertz CT molecular complexity index is 1320. The number of hydrogen-bond acceptors (Lipinski definition) is 7. The van der Waals surface area contributed by atoms with Crippen molar-refractivity contribution in [3.8, 4) is 17.0 Å². The molecule has 11 heteroatoms. The first-order chi connectivity index (χ1) is 16.3. The van der Waals surface area contributed by atoms with Crippen LogP contribution in [0.15, 0.2) is 46.9 Å². The molecule has 7 nitrogen and oxygen atoms in total. The fraction of sp³-hybridized carbons (Fsp3) is 0.217. The van der Waals surface area contributed by atoms with Gasteiger partial charge in [-0.3, -0.25) is 4.79 Å². The molecule has 2 aromatic heterocycles. The zero-order valence-electron chi connectivity index (χ0n) is 18.6. The molecule has 4 aromatic rings. The maximum absolute atomic E-state index is 12.4. The molecule has 0 aliphatic carbocycles. The minimum Gasteiger partial charge on any atom is -0.486 e. The largest absolute Gasteiger partial charge is 0.486 e. The summed E-state index contributed by atoms with van der Waals surface area (Å²) in [6, 6.07) is 11.3. The summed E-state index contributed by atoms with van der Waals surface area (Å²) in [5.41, 5.74) is 3.71. The summed E-state index contributed by atoms with van der Waals surface area (Å²) in [7, 11) is 1.85. The summed E-state index contributed by atoms with van der Waals surface area (Å²) in [4.78, 5) is 16.9. The highest BCUT2D eigenvalue weighted by molar-refractivity contribution is 7.99. The molecule has 34 heavy (non-hydrogen) atoms. The Morgan fingerprint density at radius 1 is 1.15 bits per heavy atom. The summed E-state index contributed by atoms with van der Waals surface area (Å²) < 4.78 is 7.69. The maximum Gasteiger partial charge on any atom is 0.236 e. The van der Waals surface area contributed by atoms with Crippen LogP contribution < -0.4 is 10.1 Å². The van der Waals surface area contributed by atoms with Gasteiger partial charge in [0.15, 0.2) is 16.1 Å². The van der Waals surface area contributed by atoms with Gasteiger partial charge in [0.05, 0.1) is 16.5 Å². The predicted octanol–water partition coefficient (Wildman–Crippen LogP) is 6.17. The van der Waals surface area contributed by atoms with Gasteiger partial charge in [-0.1, -0.05) is 41.0 Å². The Kier molecular flexibility index (Phi) is 7.77. The van der Waals surface area contributed by atoms with E-state index in [4.69, 9.17) is 27.9 Å². The minimum atomic E-state index is -0.191. The van der Waals surface area contributed by atoms with Gasteiger partial charge in [-0.2, -0.15) is 0 Å². The first kappa shape index (κ1) is 24.5. The standard InChI is InChI=1S/C23H21Cl2N5O2S2/c1-13-6-14(2)8-16(7-13)32-10-20-28-29-23(30(20)3)34-12-21(31)27-22-26-19(11-33-22)17-5-4-15(24)9-18(17)25/h4-9,11H,10,12H2,1-3H3,(H,26,27,31). The van der Waals surface area contributed by atoms with Crippen molar-refractivity contribution in [1.29, 1.82) is 0 Å². The van der Waals surface area contributed by atoms with E-state index < -0.39 is 0 Å². The lowest BCUT2D eigenvalue weighted by Crippen LogP contribution is -2.14. The van der Waals surface area contributed by atoms with Gasteiger partial charge in [-0.05, 0) is 55.3 Å². The molecule has 1 amide bonds. The molecule has 0 saturated heterocycles. The number of hydrogen-bond donors (Lipinski definition) is 1. The number of carbonyl (C=O) groups is 1. The Balaban J connectivity index is 1.31. The van der Waals surface area contributed by atoms with Crippen molar-refractivity contribution in [1.82, 2.24) is 19.7 Å². The SMILES string of the molecule is Cc1cc(C)cc(OCc2nnc(SCC(=O)Nc3nc(-c4ccc(Cl)cc4Cl)cs3)n2C)c1. The molecule has 176 valence electrons. The maximum atomic E-state index is 12.4. The summed E-state index contributed by atoms with van der Waals surface area (Å²) in [5, 5.41) is 15.2. The van der Waals surface area contributed by atoms with Gasteiger partial charge in [-0.15, -0.1) is 21.5 Å². The number of aryl methyl sites for hydroxylation is 2. The number of halogens is 2. The first-order valence-corrected chi connectivity index (χ1v) is 12.8. The number of benzene rings is 2. The van der Waals surface area contributed by atoms with Gasteiger partial charge in [0.2, 0.25) is 5.91 Å². The second-order valence-electron chi connectivity index (χ2n) is 7.57. The number of rotatable bonds is 8. The van der Waals surface area contributed by atoms with E-state index in [0.29, 0.717) is 31.9 Å². The van der Waals surface area contributed by atoms with Crippen LogP contribution in [0.2, 0.25) is 10.0 Å². The molecule has 0 atom stereocenters. The normalized spacial score (nSPS) is 11.0. The Hall–Kier alpha value is -2.59. The van der Waals surface area contributed by atoms with E-state index in [9.17, 15) is 4.79 Å². The van der Waals surface area contributed by atoms with Crippen molar-refractivity contribution >= 4 is 57.3 Å². The molecule has 0 unspecified atom stereocenters. The number of carbonyl (C=O) groups excluding carboxylic acids is 1. The highest BCUT2D eigenvalue weighted by Gasteiger charge is 2.14. The number of thiazole rings is 1. The monoisotopic (exact) mass is 533 g/mol. The average Bonchev–Trinajstić information content (AvgIpc) is 3.36. The highest BCUT2D eigenvalue weighted by atomic mass is 35.5. The third-order valence-electron chi connectivity index (χ3n) is 4.78. The topological polar surface area (TPSA) is 81.9 Å². The molecule has 0 aliphatic rings. The number of amides is 1. The molecular weight excluding hydrogens is 513 g/mol. The lowest BCUT2D eigenvalue weighted by atomic mass is 10.1. The Labute approximate surface area is 215 Å². The number of anilines is 1. The molecule has 0 bridgehead atoms. The van der Waals surface area contributed by atoms with E-state index in [0.717, 1.165) is 22.4 Å². The second-order valence-corrected chi connectivity index (χ2v) is 10.2. The van der Waals surface area contributed by atoms with Crippen LogP contribution in [0.1, 0.15) is 17.0 Å². The highest BCUT2D eigenvalue weighted by Crippen LogP contribution is 2.32. The van der Waals surface area contributed by atoms with Gasteiger partial charge >= 0.3 is 0 Å². The van der Waals surface area contributed by atoms with E-state index in [1.165, 1.54) is 23.1 Å². The van der Waals surface area contributed by atoms with Gasteiger partial charge in [0.25, 0.3) is 0 Å². The molecule has 0 spiro atoms. The Morgan fingerprint density at radius 2 is 1.91 bits per heavy atom. The van der Waals surface area contributed by atoms with Gasteiger partial charge in [0.1, 0.15) is 12.4 Å². The predicted molar refractivity (Wildman–Crippen MR) is 138 cm³/mol. The zero-order chi connectivity index (χ0) is 24.2. The van der Waals surface area contributed by atoms with Gasteiger partial charge in [-0.25, -0.2) is 4.98 Å².